The first-order valence-corrected chi connectivity index (χ1v) is 7.57. The Bertz CT molecular complexity index is 597. The Kier molecular flexibility index (Phi) is 4.84. The van der Waals surface area contributed by atoms with Crippen molar-refractivity contribution in [3.05, 3.63) is 63.6 Å². The summed E-state index contributed by atoms with van der Waals surface area (Å²) in [4.78, 5) is 0. The second-order valence-electron chi connectivity index (χ2n) is 5.23. The third kappa shape index (κ3) is 3.62. The van der Waals surface area contributed by atoms with Gasteiger partial charge >= 0.3 is 0 Å². The van der Waals surface area contributed by atoms with Crippen molar-refractivity contribution >= 4 is 15.9 Å². The fourth-order valence-electron chi connectivity index (χ4n) is 2.36. The SMILES string of the molecule is Cc1ccc(C(C)N[C@@H](C)c2cccc(Br)c2)c(O)c1. The summed E-state index contributed by atoms with van der Waals surface area (Å²) in [6.07, 6.45) is 0. The summed E-state index contributed by atoms with van der Waals surface area (Å²) in [7, 11) is 0. The van der Waals surface area contributed by atoms with Crippen LogP contribution in [0, 0.1) is 6.92 Å². The number of aryl methyl sites for hydroxylation is 1. The van der Waals surface area contributed by atoms with Crippen molar-refractivity contribution < 1.29 is 5.11 Å². The zero-order valence-electron chi connectivity index (χ0n) is 12.0. The van der Waals surface area contributed by atoms with Gasteiger partial charge in [0, 0.05) is 22.1 Å². The second kappa shape index (κ2) is 6.42. The highest BCUT2D eigenvalue weighted by Gasteiger charge is 2.14. The van der Waals surface area contributed by atoms with Crippen molar-refractivity contribution in [2.45, 2.75) is 32.9 Å². The summed E-state index contributed by atoms with van der Waals surface area (Å²) in [5, 5.41) is 13.6. The van der Waals surface area contributed by atoms with Gasteiger partial charge in [0.1, 0.15) is 5.75 Å². The van der Waals surface area contributed by atoms with Crippen molar-refractivity contribution in [2.75, 3.05) is 0 Å². The van der Waals surface area contributed by atoms with Crippen molar-refractivity contribution in [3.8, 4) is 5.75 Å². The number of rotatable bonds is 4. The lowest BCUT2D eigenvalue weighted by Crippen LogP contribution is -2.22. The van der Waals surface area contributed by atoms with Gasteiger partial charge in [0.05, 0.1) is 0 Å². The topological polar surface area (TPSA) is 32.3 Å². The van der Waals surface area contributed by atoms with Gasteiger partial charge in [-0.2, -0.15) is 0 Å². The molecule has 3 heteroatoms. The van der Waals surface area contributed by atoms with Gasteiger partial charge in [-0.3, -0.25) is 0 Å². The predicted octanol–water partition coefficient (Wildman–Crippen LogP) is 4.87. The first-order chi connectivity index (χ1) is 9.47. The first-order valence-electron chi connectivity index (χ1n) is 6.78. The van der Waals surface area contributed by atoms with E-state index in [-0.39, 0.29) is 12.1 Å². The van der Waals surface area contributed by atoms with E-state index in [1.165, 1.54) is 5.56 Å². The maximum Gasteiger partial charge on any atom is 0.120 e. The summed E-state index contributed by atoms with van der Waals surface area (Å²) in [6, 6.07) is 14.4. The minimum Gasteiger partial charge on any atom is -0.508 e. The van der Waals surface area contributed by atoms with Crippen molar-refractivity contribution in [1.82, 2.24) is 5.32 Å². The molecular formula is C17H20BrNO. The Morgan fingerprint density at radius 2 is 1.80 bits per heavy atom. The number of benzene rings is 2. The number of aromatic hydroxyl groups is 1. The maximum absolute atomic E-state index is 10.0. The molecule has 1 unspecified atom stereocenters. The number of hydrogen-bond acceptors (Lipinski definition) is 2. The molecule has 2 nitrogen and oxygen atoms in total. The summed E-state index contributed by atoms with van der Waals surface area (Å²) in [6.45, 7) is 6.17. The monoisotopic (exact) mass is 333 g/mol. The van der Waals surface area contributed by atoms with E-state index in [0.717, 1.165) is 15.6 Å². The van der Waals surface area contributed by atoms with Crippen LogP contribution in [0.25, 0.3) is 0 Å². The Hall–Kier alpha value is -1.32. The third-order valence-corrected chi connectivity index (χ3v) is 3.99. The van der Waals surface area contributed by atoms with Crippen LogP contribution in [-0.4, -0.2) is 5.11 Å². The van der Waals surface area contributed by atoms with E-state index >= 15 is 0 Å². The van der Waals surface area contributed by atoms with E-state index in [4.69, 9.17) is 0 Å². The molecule has 0 saturated carbocycles. The van der Waals surface area contributed by atoms with Crippen LogP contribution in [0.2, 0.25) is 0 Å². The van der Waals surface area contributed by atoms with Gasteiger partial charge in [-0.15, -0.1) is 0 Å². The Morgan fingerprint density at radius 1 is 1.05 bits per heavy atom. The molecule has 2 aromatic rings. The highest BCUT2D eigenvalue weighted by atomic mass is 79.9. The number of phenolic OH excluding ortho intramolecular Hbond substituents is 1. The molecule has 0 heterocycles. The largest absolute Gasteiger partial charge is 0.508 e. The average molecular weight is 334 g/mol. The van der Waals surface area contributed by atoms with E-state index in [9.17, 15) is 5.11 Å². The third-order valence-electron chi connectivity index (χ3n) is 3.50. The molecule has 2 atom stereocenters. The molecule has 0 fully saturated rings. The van der Waals surface area contributed by atoms with Gasteiger partial charge in [0.15, 0.2) is 0 Å². The van der Waals surface area contributed by atoms with Crippen molar-refractivity contribution in [2.24, 2.45) is 0 Å². The average Bonchev–Trinajstić information content (AvgIpc) is 2.38. The van der Waals surface area contributed by atoms with Crippen molar-refractivity contribution in [1.29, 1.82) is 0 Å². The Balaban J connectivity index is 2.12. The zero-order valence-corrected chi connectivity index (χ0v) is 13.6. The fourth-order valence-corrected chi connectivity index (χ4v) is 2.77. The number of phenols is 1. The van der Waals surface area contributed by atoms with E-state index in [0.29, 0.717) is 5.75 Å². The number of halogens is 1. The maximum atomic E-state index is 10.0. The standard InChI is InChI=1S/C17H20BrNO/c1-11-7-8-16(17(20)9-11)13(3)19-12(2)14-5-4-6-15(18)10-14/h4-10,12-13,19-20H,1-3H3/t12-,13?/m0/s1. The summed E-state index contributed by atoms with van der Waals surface area (Å²) < 4.78 is 1.08. The zero-order chi connectivity index (χ0) is 14.7. The van der Waals surface area contributed by atoms with Crippen LogP contribution >= 0.6 is 15.9 Å². The van der Waals surface area contributed by atoms with Gasteiger partial charge < -0.3 is 10.4 Å². The van der Waals surface area contributed by atoms with Crippen LogP contribution in [-0.2, 0) is 0 Å². The van der Waals surface area contributed by atoms with Crippen LogP contribution in [0.1, 0.15) is 42.6 Å². The lowest BCUT2D eigenvalue weighted by Gasteiger charge is -2.22. The lowest BCUT2D eigenvalue weighted by molar-refractivity contribution is 0.438. The molecule has 2 aromatic carbocycles. The molecular weight excluding hydrogens is 314 g/mol. The molecule has 0 bridgehead atoms. The van der Waals surface area contributed by atoms with Gasteiger partial charge in [0.25, 0.3) is 0 Å². The van der Waals surface area contributed by atoms with Crippen LogP contribution in [0.4, 0.5) is 0 Å². The second-order valence-corrected chi connectivity index (χ2v) is 6.14. The minimum atomic E-state index is 0.0876. The first kappa shape index (κ1) is 15.1. The molecule has 0 aromatic heterocycles. The minimum absolute atomic E-state index is 0.0876. The Labute approximate surface area is 129 Å². The van der Waals surface area contributed by atoms with Gasteiger partial charge in [0.2, 0.25) is 0 Å². The van der Waals surface area contributed by atoms with Gasteiger partial charge in [-0.1, -0.05) is 40.2 Å². The molecule has 20 heavy (non-hydrogen) atoms. The molecule has 0 aliphatic carbocycles. The molecule has 0 radical (unpaired) electrons. The van der Waals surface area contributed by atoms with Crippen LogP contribution < -0.4 is 5.32 Å². The number of hydrogen-bond donors (Lipinski definition) is 2. The van der Waals surface area contributed by atoms with E-state index in [1.54, 1.807) is 6.07 Å². The van der Waals surface area contributed by atoms with E-state index in [2.05, 4.69) is 47.2 Å². The predicted molar refractivity (Wildman–Crippen MR) is 87.0 cm³/mol. The van der Waals surface area contributed by atoms with Crippen LogP contribution in [0.5, 0.6) is 5.75 Å². The summed E-state index contributed by atoms with van der Waals surface area (Å²) in [5.41, 5.74) is 3.22. The molecule has 0 spiro atoms. The van der Waals surface area contributed by atoms with E-state index in [1.807, 2.05) is 31.2 Å². The van der Waals surface area contributed by atoms with Crippen molar-refractivity contribution in [3.63, 3.8) is 0 Å². The Morgan fingerprint density at radius 3 is 2.45 bits per heavy atom. The summed E-state index contributed by atoms with van der Waals surface area (Å²) in [5.74, 6) is 0.353. The highest BCUT2D eigenvalue weighted by Crippen LogP contribution is 2.27. The smallest absolute Gasteiger partial charge is 0.120 e. The molecule has 0 aliphatic heterocycles. The molecule has 0 amide bonds. The van der Waals surface area contributed by atoms with Gasteiger partial charge in [-0.25, -0.2) is 0 Å². The van der Waals surface area contributed by atoms with Crippen LogP contribution in [0.3, 0.4) is 0 Å². The lowest BCUT2D eigenvalue weighted by atomic mass is 10.0. The normalized spacial score (nSPS) is 14.0. The quantitative estimate of drug-likeness (QED) is 0.836. The molecule has 0 saturated heterocycles. The fraction of sp³-hybridized carbons (Fsp3) is 0.294. The molecule has 2 rings (SSSR count). The molecule has 2 N–H and O–H groups in total. The van der Waals surface area contributed by atoms with E-state index < -0.39 is 0 Å². The number of nitrogens with one attached hydrogen (secondary N) is 1. The highest BCUT2D eigenvalue weighted by molar-refractivity contribution is 9.10. The van der Waals surface area contributed by atoms with Crippen LogP contribution in [0.15, 0.2) is 46.9 Å². The van der Waals surface area contributed by atoms with Gasteiger partial charge in [-0.05, 0) is 50.1 Å². The molecule has 106 valence electrons. The molecule has 0 aliphatic rings. The summed E-state index contributed by atoms with van der Waals surface area (Å²) >= 11 is 3.49.